The van der Waals surface area contributed by atoms with Gasteiger partial charge in [0, 0.05) is 6.54 Å². The van der Waals surface area contributed by atoms with Gasteiger partial charge in [0.2, 0.25) is 0 Å². The number of hydrogen-bond donors (Lipinski definition) is 1. The monoisotopic (exact) mass is 354 g/mol. The van der Waals surface area contributed by atoms with Crippen LogP contribution in [0.5, 0.6) is 16.7 Å². The summed E-state index contributed by atoms with van der Waals surface area (Å²) in [6.07, 6.45) is 2.32. The number of carbonyl (C=O) groups excluding carboxylic acids is 1. The second-order valence-electron chi connectivity index (χ2n) is 5.91. The highest BCUT2D eigenvalue weighted by molar-refractivity contribution is 7.20. The smallest absolute Gasteiger partial charge is 0.279 e. The number of aromatic nitrogens is 1. The zero-order valence-electron chi connectivity index (χ0n) is 13.6. The Labute approximate surface area is 149 Å². The number of nitrogens with zero attached hydrogens (tertiary/aromatic N) is 1. The fourth-order valence-electron chi connectivity index (χ4n) is 2.77. The van der Waals surface area contributed by atoms with Gasteiger partial charge in [-0.05, 0) is 55.7 Å². The molecule has 3 aromatic rings. The number of carbonyl (C=O) groups is 1. The normalized spacial score (nSPS) is 17.8. The van der Waals surface area contributed by atoms with Crippen LogP contribution >= 0.6 is 11.3 Å². The molecular weight excluding hydrogens is 336 g/mol. The van der Waals surface area contributed by atoms with Crippen molar-refractivity contribution in [3.63, 3.8) is 0 Å². The topological polar surface area (TPSA) is 60.5 Å². The molecule has 1 aliphatic heterocycles. The zero-order chi connectivity index (χ0) is 17.1. The summed E-state index contributed by atoms with van der Waals surface area (Å²) >= 11 is 1.51. The lowest BCUT2D eigenvalue weighted by molar-refractivity contribution is -0.127. The molecule has 1 amide bonds. The van der Waals surface area contributed by atoms with Gasteiger partial charge in [-0.2, -0.15) is 0 Å². The average Bonchev–Trinajstić information content (AvgIpc) is 2.93. The van der Waals surface area contributed by atoms with Crippen LogP contribution in [0, 0.1) is 0 Å². The molecular formula is C19H18N2O3S. The van der Waals surface area contributed by atoms with E-state index in [-0.39, 0.29) is 5.91 Å². The number of ether oxygens (including phenoxy) is 2. The number of hydrogen-bond acceptors (Lipinski definition) is 5. The maximum Gasteiger partial charge on any atom is 0.279 e. The molecule has 4 rings (SSSR count). The molecule has 1 fully saturated rings. The summed E-state index contributed by atoms with van der Waals surface area (Å²) in [4.78, 5) is 16.4. The molecule has 1 aromatic heterocycles. The lowest BCUT2D eigenvalue weighted by Gasteiger charge is -2.15. The first-order valence-corrected chi connectivity index (χ1v) is 9.17. The van der Waals surface area contributed by atoms with E-state index in [1.807, 2.05) is 48.5 Å². The third-order valence-electron chi connectivity index (χ3n) is 4.07. The van der Waals surface area contributed by atoms with Gasteiger partial charge >= 0.3 is 0 Å². The van der Waals surface area contributed by atoms with Crippen LogP contribution in [0.1, 0.15) is 19.3 Å². The fourth-order valence-corrected chi connectivity index (χ4v) is 3.60. The van der Waals surface area contributed by atoms with Gasteiger partial charge in [0.15, 0.2) is 6.10 Å². The highest BCUT2D eigenvalue weighted by Crippen LogP contribution is 2.31. The number of para-hydroxylation sites is 1. The van der Waals surface area contributed by atoms with Crippen molar-refractivity contribution < 1.29 is 14.3 Å². The first-order chi connectivity index (χ1) is 12.3. The van der Waals surface area contributed by atoms with E-state index in [0.717, 1.165) is 36.0 Å². The predicted molar refractivity (Wildman–Crippen MR) is 97.4 cm³/mol. The Kier molecular flexibility index (Phi) is 4.52. The molecule has 2 aromatic carbocycles. The molecule has 25 heavy (non-hydrogen) atoms. The van der Waals surface area contributed by atoms with Crippen molar-refractivity contribution in [2.75, 3.05) is 6.54 Å². The van der Waals surface area contributed by atoms with E-state index < -0.39 is 6.10 Å². The van der Waals surface area contributed by atoms with E-state index in [0.29, 0.717) is 16.7 Å². The number of nitrogens with one attached hydrogen (secondary N) is 1. The average molecular weight is 354 g/mol. The number of fused-ring (bicyclic) bond motifs is 1. The summed E-state index contributed by atoms with van der Waals surface area (Å²) in [6, 6.07) is 15.2. The van der Waals surface area contributed by atoms with E-state index in [1.54, 1.807) is 0 Å². The minimum Gasteiger partial charge on any atom is -0.481 e. The highest BCUT2D eigenvalue weighted by Gasteiger charge is 2.22. The van der Waals surface area contributed by atoms with E-state index in [9.17, 15) is 4.79 Å². The van der Waals surface area contributed by atoms with Gasteiger partial charge in [-0.3, -0.25) is 4.79 Å². The maximum atomic E-state index is 11.9. The number of rotatable bonds is 4. The van der Waals surface area contributed by atoms with Crippen molar-refractivity contribution in [2.24, 2.45) is 0 Å². The highest BCUT2D eigenvalue weighted by atomic mass is 32.1. The van der Waals surface area contributed by atoms with Gasteiger partial charge in [-0.15, -0.1) is 0 Å². The van der Waals surface area contributed by atoms with Crippen LogP contribution in [0.25, 0.3) is 10.2 Å². The lowest BCUT2D eigenvalue weighted by atomic mass is 10.2. The summed E-state index contributed by atoms with van der Waals surface area (Å²) in [7, 11) is 0. The minimum absolute atomic E-state index is 0.0349. The van der Waals surface area contributed by atoms with Crippen LogP contribution in [0.15, 0.2) is 48.5 Å². The zero-order valence-corrected chi connectivity index (χ0v) is 14.4. The molecule has 0 radical (unpaired) electrons. The standard InChI is InChI=1S/C19H18N2O3S/c22-18-16(6-3-4-12-20-18)23-13-8-10-14(11-9-13)24-19-21-15-5-1-2-7-17(15)25-19/h1-2,5,7-11,16H,3-4,6,12H2,(H,20,22). The molecule has 0 spiro atoms. The second kappa shape index (κ2) is 7.11. The Hall–Kier alpha value is -2.60. The summed E-state index contributed by atoms with van der Waals surface area (Å²) in [5.41, 5.74) is 0.932. The summed E-state index contributed by atoms with van der Waals surface area (Å²) in [6.45, 7) is 0.730. The van der Waals surface area contributed by atoms with Crippen molar-refractivity contribution in [3.05, 3.63) is 48.5 Å². The van der Waals surface area contributed by atoms with Crippen molar-refractivity contribution in [3.8, 4) is 16.7 Å². The van der Waals surface area contributed by atoms with Crippen molar-refractivity contribution in [1.82, 2.24) is 10.3 Å². The van der Waals surface area contributed by atoms with Crippen molar-refractivity contribution in [1.29, 1.82) is 0 Å². The van der Waals surface area contributed by atoms with E-state index in [4.69, 9.17) is 9.47 Å². The van der Waals surface area contributed by atoms with E-state index >= 15 is 0 Å². The predicted octanol–water partition coefficient (Wildman–Crippen LogP) is 4.14. The molecule has 128 valence electrons. The molecule has 1 unspecified atom stereocenters. The van der Waals surface area contributed by atoms with Crippen LogP contribution < -0.4 is 14.8 Å². The molecule has 0 saturated carbocycles. The van der Waals surface area contributed by atoms with Crippen LogP contribution in [0.3, 0.4) is 0 Å². The van der Waals surface area contributed by atoms with Crippen molar-refractivity contribution >= 4 is 27.5 Å². The molecule has 5 nitrogen and oxygen atoms in total. The molecule has 2 heterocycles. The quantitative estimate of drug-likeness (QED) is 0.765. The first-order valence-electron chi connectivity index (χ1n) is 8.36. The van der Waals surface area contributed by atoms with Gasteiger partial charge in [-0.25, -0.2) is 4.98 Å². The lowest BCUT2D eigenvalue weighted by Crippen LogP contribution is -2.36. The molecule has 0 bridgehead atoms. The van der Waals surface area contributed by atoms with Gasteiger partial charge in [0.25, 0.3) is 11.1 Å². The SMILES string of the molecule is O=C1NCCCCC1Oc1ccc(Oc2nc3ccccc3s2)cc1. The van der Waals surface area contributed by atoms with Crippen molar-refractivity contribution in [2.45, 2.75) is 25.4 Å². The molecule has 1 atom stereocenters. The molecule has 1 aliphatic rings. The van der Waals surface area contributed by atoms with Crippen LogP contribution in [-0.2, 0) is 4.79 Å². The Morgan fingerprint density at radius 1 is 1.04 bits per heavy atom. The molecule has 1 saturated heterocycles. The van der Waals surface area contributed by atoms with E-state index in [2.05, 4.69) is 10.3 Å². The maximum absolute atomic E-state index is 11.9. The Morgan fingerprint density at radius 2 is 1.84 bits per heavy atom. The minimum atomic E-state index is -0.418. The van der Waals surface area contributed by atoms with Crippen LogP contribution in [-0.4, -0.2) is 23.5 Å². The Bertz CT molecular complexity index is 843. The summed E-state index contributed by atoms with van der Waals surface area (Å²) in [5, 5.41) is 3.49. The van der Waals surface area contributed by atoms with Gasteiger partial charge in [0.05, 0.1) is 10.2 Å². The van der Waals surface area contributed by atoms with Crippen LogP contribution in [0.4, 0.5) is 0 Å². The first kappa shape index (κ1) is 15.9. The Balaban J connectivity index is 1.43. The summed E-state index contributed by atoms with van der Waals surface area (Å²) < 4.78 is 12.7. The number of thiazole rings is 1. The molecule has 6 heteroatoms. The van der Waals surface area contributed by atoms with Gasteiger partial charge in [0.1, 0.15) is 11.5 Å². The third-order valence-corrected chi connectivity index (χ3v) is 4.98. The second-order valence-corrected chi connectivity index (χ2v) is 6.91. The van der Waals surface area contributed by atoms with Gasteiger partial charge < -0.3 is 14.8 Å². The van der Waals surface area contributed by atoms with Crippen LogP contribution in [0.2, 0.25) is 0 Å². The molecule has 0 aliphatic carbocycles. The third kappa shape index (κ3) is 3.74. The molecule has 1 N–H and O–H groups in total. The summed E-state index contributed by atoms with van der Waals surface area (Å²) in [5.74, 6) is 1.32. The number of amides is 1. The Morgan fingerprint density at radius 3 is 2.68 bits per heavy atom. The fraction of sp³-hybridized carbons (Fsp3) is 0.263. The number of benzene rings is 2. The largest absolute Gasteiger partial charge is 0.481 e. The van der Waals surface area contributed by atoms with Gasteiger partial charge in [-0.1, -0.05) is 23.5 Å². The van der Waals surface area contributed by atoms with E-state index in [1.165, 1.54) is 11.3 Å².